The van der Waals surface area contributed by atoms with Crippen LogP contribution >= 0.6 is 45.6 Å². The zero-order chi connectivity index (χ0) is 35.8. The van der Waals surface area contributed by atoms with E-state index < -0.39 is 87.6 Å². The third-order valence-corrected chi connectivity index (χ3v) is 20.9. The van der Waals surface area contributed by atoms with Gasteiger partial charge in [0.1, 0.15) is 0 Å². The molecule has 0 aromatic heterocycles. The van der Waals surface area contributed by atoms with E-state index in [0.717, 1.165) is 25.7 Å². The van der Waals surface area contributed by atoms with Gasteiger partial charge in [0.2, 0.25) is 0 Å². The van der Waals surface area contributed by atoms with Crippen LogP contribution < -0.4 is 0 Å². The monoisotopic (exact) mass is 956 g/mol. The van der Waals surface area contributed by atoms with E-state index in [1.807, 2.05) is 13.8 Å². The van der Waals surface area contributed by atoms with Crippen molar-refractivity contribution in [2.24, 2.45) is 0 Å². The molecule has 0 aliphatic rings. The first-order chi connectivity index (χ1) is 20.0. The molecule has 0 saturated heterocycles. The molecule has 0 bridgehead atoms. The number of rotatable bonds is 24. The molecular weight excluding hydrogens is 908 g/mol. The standard InChI is InChI=1S/C19H48N2O18P6.2Y/c1-5-7-9-13-20(3)15-11-18(22,42(28,29)30)44(34,35)38-40(24,25)17-41(26,27)39-45(36,37)19(23,43(31,32)33)12-16-21(4)14-10-8-6-2;;/h22-23H,5-17H2,1-4H3,(H,24,25)(H,26,27)(H,34,35)(H,36,37)(H2,28,29,30)(H2,31,32,33);;. The second-order valence-corrected chi connectivity index (χ2v) is 23.7. The number of hydrogen-bond donors (Lipinski definition) is 10. The van der Waals surface area contributed by atoms with E-state index in [1.165, 1.54) is 23.9 Å². The predicted molar refractivity (Wildman–Crippen MR) is 164 cm³/mol. The second-order valence-electron chi connectivity index (χ2n) is 10.8. The van der Waals surface area contributed by atoms with Gasteiger partial charge >= 0.3 is 45.6 Å². The van der Waals surface area contributed by atoms with Crippen LogP contribution in [-0.4, -0.2) is 116 Å². The summed E-state index contributed by atoms with van der Waals surface area (Å²) in [6, 6.07) is 0. The van der Waals surface area contributed by atoms with Gasteiger partial charge in [-0.05, 0) is 40.0 Å². The van der Waals surface area contributed by atoms with E-state index in [-0.39, 0.29) is 65.4 Å². The number of nitrogens with zero attached hydrogens (tertiary/aromatic N) is 2. The predicted octanol–water partition coefficient (Wildman–Crippen LogP) is 2.39. The molecule has 28 heteroatoms. The molecule has 0 aliphatic carbocycles. The van der Waals surface area contributed by atoms with Crippen molar-refractivity contribution in [3.05, 3.63) is 0 Å². The number of aliphatic hydroxyl groups is 2. The Balaban J connectivity index is -0.00000968. The molecule has 20 nitrogen and oxygen atoms in total. The summed E-state index contributed by atoms with van der Waals surface area (Å²) in [6.45, 7) is 3.62. The van der Waals surface area contributed by atoms with Crippen molar-refractivity contribution in [3.63, 3.8) is 0 Å². The zero-order valence-electron chi connectivity index (χ0n) is 26.7. The van der Waals surface area contributed by atoms with Gasteiger partial charge in [0.25, 0.3) is 10.2 Å². The summed E-state index contributed by atoms with van der Waals surface area (Å²) in [5.41, 5.74) is 0. The van der Waals surface area contributed by atoms with Crippen LogP contribution in [0.2, 0.25) is 0 Å². The van der Waals surface area contributed by atoms with Crippen molar-refractivity contribution in [3.8, 4) is 0 Å². The fourth-order valence-corrected chi connectivity index (χ4v) is 15.6. The Hall–Kier alpha value is 3.03. The SMILES string of the molecule is CCCCCN(C)CCC(O)(P(=O)(O)O)P(=O)(O)OP(=O)(O)CP(=O)(O)OP(=O)(O)C(O)(CCN(C)CCCCC)P(=O)(O)O.[Y].[Y]. The maximum atomic E-state index is 12.9. The van der Waals surface area contributed by atoms with Crippen LogP contribution in [0.1, 0.15) is 65.2 Å². The van der Waals surface area contributed by atoms with Gasteiger partial charge in [-0.15, -0.1) is 0 Å². The van der Waals surface area contributed by atoms with Crippen LogP contribution in [0.5, 0.6) is 0 Å². The normalized spacial score (nSPS) is 20.4. The Labute approximate surface area is 325 Å². The van der Waals surface area contributed by atoms with Crippen LogP contribution in [-0.2, 0) is 101 Å². The van der Waals surface area contributed by atoms with Crippen LogP contribution in [0.3, 0.4) is 0 Å². The molecule has 0 rings (SSSR count). The quantitative estimate of drug-likeness (QED) is 0.0490. The van der Waals surface area contributed by atoms with Crippen LogP contribution in [0, 0.1) is 0 Å². The summed E-state index contributed by atoms with van der Waals surface area (Å²) in [5, 5.41) is 13.2. The first kappa shape index (κ1) is 54.4. The van der Waals surface area contributed by atoms with Gasteiger partial charge in [0.05, 0.1) is 0 Å². The molecule has 0 amide bonds. The van der Waals surface area contributed by atoms with Gasteiger partial charge in [-0.25, -0.2) is 8.62 Å². The Morgan fingerprint density at radius 1 is 0.532 bits per heavy atom. The molecule has 0 aromatic carbocycles. The molecule has 0 aliphatic heterocycles. The molecule has 10 N–H and O–H groups in total. The minimum atomic E-state index is -6.32. The maximum Gasteiger partial charge on any atom is 0.379 e. The van der Waals surface area contributed by atoms with Crippen LogP contribution in [0.4, 0.5) is 0 Å². The second kappa shape index (κ2) is 21.8. The fourth-order valence-electron chi connectivity index (χ4n) is 3.83. The smallest absolute Gasteiger partial charge is 0.367 e. The van der Waals surface area contributed by atoms with E-state index in [1.54, 1.807) is 0 Å². The Kier molecular flexibility index (Phi) is 25.2. The van der Waals surface area contributed by atoms with Crippen molar-refractivity contribution in [1.82, 2.24) is 9.80 Å². The van der Waals surface area contributed by atoms with Gasteiger partial charge < -0.3 is 59.2 Å². The van der Waals surface area contributed by atoms with Crippen molar-refractivity contribution >= 4 is 45.6 Å². The summed E-state index contributed by atoms with van der Waals surface area (Å²) in [5.74, 6) is -2.35. The van der Waals surface area contributed by atoms with Crippen molar-refractivity contribution in [1.29, 1.82) is 0 Å². The molecule has 2 radical (unpaired) electrons. The molecule has 6 unspecified atom stereocenters. The zero-order valence-corrected chi connectivity index (χ0v) is 37.7. The van der Waals surface area contributed by atoms with Crippen molar-refractivity contribution < 1.29 is 151 Å². The summed E-state index contributed by atoms with van der Waals surface area (Å²) in [4.78, 5) is 82.2. The molecule has 6 atom stereocenters. The summed E-state index contributed by atoms with van der Waals surface area (Å²) in [6.07, 6.45) is 2.06. The largest absolute Gasteiger partial charge is 0.379 e. The van der Waals surface area contributed by atoms with Gasteiger partial charge in [-0.2, -0.15) is 0 Å². The van der Waals surface area contributed by atoms with Gasteiger partial charge in [-0.1, -0.05) is 39.5 Å². The van der Waals surface area contributed by atoms with Gasteiger partial charge in [0.15, 0.2) is 5.90 Å². The maximum absolute atomic E-state index is 12.9. The van der Waals surface area contributed by atoms with Gasteiger partial charge in [0, 0.05) is 91.3 Å². The minimum Gasteiger partial charge on any atom is -0.367 e. The Bertz CT molecular complexity index is 1160. The first-order valence-corrected chi connectivity index (χ1v) is 23.6. The van der Waals surface area contributed by atoms with Crippen LogP contribution in [0.15, 0.2) is 0 Å². The molecule has 0 fully saturated rings. The number of unbranched alkanes of at least 4 members (excludes halogenated alkanes) is 4. The molecule has 278 valence electrons. The third-order valence-electron chi connectivity index (χ3n) is 6.62. The van der Waals surface area contributed by atoms with E-state index in [4.69, 9.17) is 0 Å². The van der Waals surface area contributed by atoms with E-state index in [0.29, 0.717) is 25.9 Å². The summed E-state index contributed by atoms with van der Waals surface area (Å²) >= 11 is 0. The Morgan fingerprint density at radius 2 is 0.809 bits per heavy atom. The third kappa shape index (κ3) is 17.4. The molecular formula is C19H48N2O18P6Y2. The van der Waals surface area contributed by atoms with E-state index >= 15 is 0 Å². The van der Waals surface area contributed by atoms with E-state index in [2.05, 4.69) is 8.62 Å². The summed E-state index contributed by atoms with van der Waals surface area (Å²) < 4.78 is 83.1. The average Bonchev–Trinajstić information content (AvgIpc) is 2.82. The topological polar surface area (TPSA) is 330 Å². The fraction of sp³-hybridized carbons (Fsp3) is 1.00. The van der Waals surface area contributed by atoms with Crippen LogP contribution in [0.25, 0.3) is 0 Å². The molecule has 0 saturated carbocycles. The molecule has 0 heterocycles. The van der Waals surface area contributed by atoms with Gasteiger partial charge in [-0.3, -0.25) is 27.4 Å². The molecule has 0 spiro atoms. The van der Waals surface area contributed by atoms with Crippen molar-refractivity contribution in [2.75, 3.05) is 46.2 Å². The molecule has 47 heavy (non-hydrogen) atoms. The average molecular weight is 956 g/mol. The molecule has 0 aromatic rings. The number of hydrogen-bond acceptors (Lipinski definition) is 12. The first-order valence-electron chi connectivity index (χ1n) is 13.7. The summed E-state index contributed by atoms with van der Waals surface area (Å²) in [7, 11) is -34.0. The van der Waals surface area contributed by atoms with Crippen molar-refractivity contribution in [2.45, 2.75) is 75.4 Å². The minimum absolute atomic E-state index is 0. The Morgan fingerprint density at radius 3 is 1.04 bits per heavy atom. The van der Waals surface area contributed by atoms with E-state index in [9.17, 15) is 76.8 Å².